The van der Waals surface area contributed by atoms with Gasteiger partial charge in [0.2, 0.25) is 5.91 Å². The molecule has 3 N–H and O–H groups in total. The molecule has 0 radical (unpaired) electrons. The van der Waals surface area contributed by atoms with E-state index < -0.39 is 5.97 Å². The first-order valence-corrected chi connectivity index (χ1v) is 13.9. The van der Waals surface area contributed by atoms with E-state index in [0.29, 0.717) is 30.6 Å². The lowest BCUT2D eigenvalue weighted by Crippen LogP contribution is -2.24. The molecule has 6 heteroatoms. The predicted octanol–water partition coefficient (Wildman–Crippen LogP) is 7.48. The summed E-state index contributed by atoms with van der Waals surface area (Å²) in [7, 11) is 0. The lowest BCUT2D eigenvalue weighted by molar-refractivity contribution is -0.137. The number of hydrogen-bond acceptors (Lipinski definition) is 3. The molecule has 198 valence electrons. The third-order valence-electron chi connectivity index (χ3n) is 6.29. The number of anilines is 1. The van der Waals surface area contributed by atoms with E-state index in [1.807, 2.05) is 0 Å². The van der Waals surface area contributed by atoms with E-state index >= 15 is 0 Å². The van der Waals surface area contributed by atoms with Crippen molar-refractivity contribution in [3.8, 4) is 0 Å². The average Bonchev–Trinajstić information content (AvgIpc) is 2.84. The third-order valence-corrected chi connectivity index (χ3v) is 6.29. The van der Waals surface area contributed by atoms with E-state index in [2.05, 4.69) is 17.6 Å². The van der Waals surface area contributed by atoms with Crippen LogP contribution in [0, 0.1) is 0 Å². The zero-order chi connectivity index (χ0) is 25.6. The summed E-state index contributed by atoms with van der Waals surface area (Å²) in [5.41, 5.74) is 1.21. The number of unbranched alkanes of at least 4 members (excludes halogenated alkanes) is 14. The van der Waals surface area contributed by atoms with E-state index in [1.54, 1.807) is 24.3 Å². The van der Waals surface area contributed by atoms with Crippen LogP contribution in [0.15, 0.2) is 24.3 Å². The summed E-state index contributed by atoms with van der Waals surface area (Å²) < 4.78 is 0. The Balaban J connectivity index is 2.01. The molecule has 0 aliphatic carbocycles. The number of carboxylic acid groups (broad SMARTS) is 1. The van der Waals surface area contributed by atoms with Gasteiger partial charge in [-0.2, -0.15) is 0 Å². The first-order valence-electron chi connectivity index (χ1n) is 13.9. The molecule has 0 atom stereocenters. The van der Waals surface area contributed by atoms with Gasteiger partial charge in [-0.1, -0.05) is 90.4 Å². The van der Waals surface area contributed by atoms with Crippen LogP contribution in [0.3, 0.4) is 0 Å². The Morgan fingerprint density at radius 3 is 1.66 bits per heavy atom. The Kier molecular flexibility index (Phi) is 18.4. The van der Waals surface area contributed by atoms with E-state index in [1.165, 1.54) is 77.0 Å². The first kappa shape index (κ1) is 30.7. The van der Waals surface area contributed by atoms with E-state index in [9.17, 15) is 14.4 Å². The molecule has 6 nitrogen and oxygen atoms in total. The second-order valence-corrected chi connectivity index (χ2v) is 9.58. The van der Waals surface area contributed by atoms with Crippen LogP contribution in [-0.4, -0.2) is 29.4 Å². The molecule has 0 heterocycles. The molecule has 1 rings (SSSR count). The molecule has 0 spiro atoms. The number of aliphatic carboxylic acids is 1. The fraction of sp³-hybridized carbons (Fsp3) is 0.690. The van der Waals surface area contributed by atoms with Crippen molar-refractivity contribution in [3.63, 3.8) is 0 Å². The normalized spacial score (nSPS) is 10.8. The Hall–Kier alpha value is -2.37. The molecule has 0 aliphatic rings. The fourth-order valence-corrected chi connectivity index (χ4v) is 4.11. The lowest BCUT2D eigenvalue weighted by atomic mass is 10.0. The van der Waals surface area contributed by atoms with Crippen molar-refractivity contribution < 1.29 is 19.5 Å². The van der Waals surface area contributed by atoms with Gasteiger partial charge in [-0.25, -0.2) is 0 Å². The van der Waals surface area contributed by atoms with Crippen LogP contribution < -0.4 is 10.6 Å². The smallest absolute Gasteiger partial charge is 0.303 e. The van der Waals surface area contributed by atoms with Crippen LogP contribution in [0.4, 0.5) is 5.69 Å². The number of amides is 2. The zero-order valence-corrected chi connectivity index (χ0v) is 21.9. The molecule has 1 aromatic rings. The fourth-order valence-electron chi connectivity index (χ4n) is 4.11. The van der Waals surface area contributed by atoms with Crippen molar-refractivity contribution in [2.75, 3.05) is 11.9 Å². The number of carbonyl (C=O) groups is 3. The van der Waals surface area contributed by atoms with Gasteiger partial charge in [0.25, 0.3) is 5.91 Å². The predicted molar refractivity (Wildman–Crippen MR) is 144 cm³/mol. The number of benzene rings is 1. The topological polar surface area (TPSA) is 95.5 Å². The number of hydrogen-bond donors (Lipinski definition) is 3. The molecule has 0 fully saturated rings. The standard InChI is InChI=1S/C29H48N2O4/c1-2-3-4-5-6-7-8-9-10-11-12-13-14-17-24-30-29(35)25-20-22-26(23-21-25)31-27(32)18-15-16-19-28(33)34/h20-23H,2-19,24H2,1H3,(H,30,35)(H,31,32)(H,33,34). The van der Waals surface area contributed by atoms with Crippen molar-refractivity contribution in [3.05, 3.63) is 29.8 Å². The maximum absolute atomic E-state index is 12.3. The number of nitrogens with one attached hydrogen (secondary N) is 2. The monoisotopic (exact) mass is 488 g/mol. The summed E-state index contributed by atoms with van der Waals surface area (Å²) in [6.07, 6.45) is 19.8. The number of carbonyl (C=O) groups excluding carboxylic acids is 2. The van der Waals surface area contributed by atoms with Crippen LogP contribution in [0.25, 0.3) is 0 Å². The van der Waals surface area contributed by atoms with E-state index in [-0.39, 0.29) is 24.7 Å². The highest BCUT2D eigenvalue weighted by atomic mass is 16.4. The third kappa shape index (κ3) is 17.7. The molecule has 0 saturated carbocycles. The second-order valence-electron chi connectivity index (χ2n) is 9.58. The molecule has 1 aromatic carbocycles. The maximum Gasteiger partial charge on any atom is 0.303 e. The van der Waals surface area contributed by atoms with Crippen molar-refractivity contribution in [1.29, 1.82) is 0 Å². The van der Waals surface area contributed by atoms with Crippen molar-refractivity contribution in [2.45, 2.75) is 122 Å². The largest absolute Gasteiger partial charge is 0.481 e. The second kappa shape index (κ2) is 21.0. The summed E-state index contributed by atoms with van der Waals surface area (Å²) in [6.45, 7) is 2.95. The quantitative estimate of drug-likeness (QED) is 0.147. The van der Waals surface area contributed by atoms with Crippen LogP contribution >= 0.6 is 0 Å². The van der Waals surface area contributed by atoms with Gasteiger partial charge in [-0.3, -0.25) is 14.4 Å². The minimum absolute atomic E-state index is 0.0798. The van der Waals surface area contributed by atoms with Crippen molar-refractivity contribution in [2.24, 2.45) is 0 Å². The summed E-state index contributed by atoms with van der Waals surface area (Å²) >= 11 is 0. The van der Waals surface area contributed by atoms with Crippen LogP contribution in [0.2, 0.25) is 0 Å². The molecular formula is C29H48N2O4. The molecule has 2 amide bonds. The van der Waals surface area contributed by atoms with Crippen molar-refractivity contribution >= 4 is 23.5 Å². The van der Waals surface area contributed by atoms with Gasteiger partial charge in [0.15, 0.2) is 0 Å². The molecular weight excluding hydrogens is 440 g/mol. The highest BCUT2D eigenvalue weighted by Crippen LogP contribution is 2.13. The van der Waals surface area contributed by atoms with Gasteiger partial charge < -0.3 is 15.7 Å². The van der Waals surface area contributed by atoms with Crippen LogP contribution in [0.5, 0.6) is 0 Å². The van der Waals surface area contributed by atoms with Gasteiger partial charge in [-0.05, 0) is 43.5 Å². The summed E-state index contributed by atoms with van der Waals surface area (Å²) in [4.78, 5) is 34.7. The lowest BCUT2D eigenvalue weighted by Gasteiger charge is -2.08. The Morgan fingerprint density at radius 1 is 0.657 bits per heavy atom. The Morgan fingerprint density at radius 2 is 1.14 bits per heavy atom. The van der Waals surface area contributed by atoms with Crippen LogP contribution in [0.1, 0.15) is 133 Å². The summed E-state index contributed by atoms with van der Waals surface area (Å²) in [6, 6.07) is 6.86. The molecule has 0 saturated heterocycles. The van der Waals surface area contributed by atoms with Gasteiger partial charge in [0, 0.05) is 30.6 Å². The molecule has 0 aromatic heterocycles. The van der Waals surface area contributed by atoms with Crippen LogP contribution in [-0.2, 0) is 9.59 Å². The first-order chi connectivity index (χ1) is 17.0. The number of carboxylic acids is 1. The Labute approximate surface area is 212 Å². The molecule has 0 bridgehead atoms. The Bertz CT molecular complexity index is 703. The van der Waals surface area contributed by atoms with Gasteiger partial charge in [-0.15, -0.1) is 0 Å². The minimum atomic E-state index is -0.844. The molecule has 0 unspecified atom stereocenters. The minimum Gasteiger partial charge on any atom is -0.481 e. The van der Waals surface area contributed by atoms with E-state index in [0.717, 1.165) is 12.8 Å². The molecule has 0 aliphatic heterocycles. The highest BCUT2D eigenvalue weighted by molar-refractivity contribution is 5.95. The van der Waals surface area contributed by atoms with Gasteiger partial charge in [0.1, 0.15) is 0 Å². The van der Waals surface area contributed by atoms with Gasteiger partial charge >= 0.3 is 5.97 Å². The number of rotatable bonds is 22. The maximum atomic E-state index is 12.3. The van der Waals surface area contributed by atoms with Crippen molar-refractivity contribution in [1.82, 2.24) is 5.32 Å². The SMILES string of the molecule is CCCCCCCCCCCCCCCCNC(=O)c1ccc(NC(=O)CCCCC(=O)O)cc1. The highest BCUT2D eigenvalue weighted by Gasteiger charge is 2.07. The summed E-state index contributed by atoms with van der Waals surface area (Å²) in [5, 5.41) is 14.4. The van der Waals surface area contributed by atoms with E-state index in [4.69, 9.17) is 5.11 Å². The van der Waals surface area contributed by atoms with Gasteiger partial charge in [0.05, 0.1) is 0 Å². The molecule has 35 heavy (non-hydrogen) atoms. The summed E-state index contributed by atoms with van der Waals surface area (Å²) in [5.74, 6) is -1.08. The average molecular weight is 489 g/mol. The zero-order valence-electron chi connectivity index (χ0n) is 21.9.